The highest BCUT2D eigenvalue weighted by molar-refractivity contribution is 6.35. The molecule has 0 spiro atoms. The summed E-state index contributed by atoms with van der Waals surface area (Å²) in [6, 6.07) is 5.68. The van der Waals surface area contributed by atoms with E-state index in [-0.39, 0.29) is 0 Å². The Morgan fingerprint density at radius 1 is 1.17 bits per heavy atom. The Labute approximate surface area is 142 Å². The van der Waals surface area contributed by atoms with Gasteiger partial charge in [-0.25, -0.2) is 0 Å². The fourth-order valence-corrected chi connectivity index (χ4v) is 3.37. The van der Waals surface area contributed by atoms with Gasteiger partial charge in [-0.2, -0.15) is 0 Å². The Morgan fingerprint density at radius 2 is 1.96 bits per heavy atom. The average Bonchev–Trinajstić information content (AvgIpc) is 3.04. The molecule has 0 saturated carbocycles. The Hall–Kier alpha value is -1.52. The van der Waals surface area contributed by atoms with E-state index in [1.807, 2.05) is 25.1 Å². The van der Waals surface area contributed by atoms with E-state index in [9.17, 15) is 0 Å². The quantitative estimate of drug-likeness (QED) is 0.746. The molecule has 5 heteroatoms. The molecule has 1 aliphatic heterocycles. The van der Waals surface area contributed by atoms with Crippen LogP contribution in [0.15, 0.2) is 18.2 Å². The van der Waals surface area contributed by atoms with E-state index in [1.165, 1.54) is 25.9 Å². The van der Waals surface area contributed by atoms with Crippen LogP contribution in [0.5, 0.6) is 11.5 Å². The molecule has 0 aliphatic carbocycles. The van der Waals surface area contributed by atoms with Crippen molar-refractivity contribution in [3.63, 3.8) is 0 Å². The van der Waals surface area contributed by atoms with E-state index in [0.717, 1.165) is 35.3 Å². The molecule has 0 bridgehead atoms. The molecule has 0 N–H and O–H groups in total. The van der Waals surface area contributed by atoms with Crippen molar-refractivity contribution >= 4 is 22.5 Å². The number of rotatable bonds is 6. The Morgan fingerprint density at radius 3 is 2.70 bits per heavy atom. The first kappa shape index (κ1) is 16.3. The number of methoxy groups -OCH3 is 1. The second-order valence-corrected chi connectivity index (χ2v) is 6.42. The second kappa shape index (κ2) is 7.37. The number of fused-ring (bicyclic) bond motifs is 1. The zero-order valence-corrected chi connectivity index (χ0v) is 14.5. The van der Waals surface area contributed by atoms with Crippen molar-refractivity contribution in [2.45, 2.75) is 26.2 Å². The van der Waals surface area contributed by atoms with E-state index >= 15 is 0 Å². The summed E-state index contributed by atoms with van der Waals surface area (Å²) in [5.41, 5.74) is 1.73. The second-order valence-electron chi connectivity index (χ2n) is 6.02. The van der Waals surface area contributed by atoms with Crippen LogP contribution in [0.1, 0.15) is 25.0 Å². The Kier molecular flexibility index (Phi) is 5.23. The van der Waals surface area contributed by atoms with Crippen LogP contribution >= 0.6 is 11.6 Å². The molecule has 23 heavy (non-hydrogen) atoms. The maximum Gasteiger partial charge on any atom is 0.163 e. The molecular weight excluding hydrogens is 312 g/mol. The van der Waals surface area contributed by atoms with Gasteiger partial charge in [0.15, 0.2) is 11.5 Å². The third-order valence-electron chi connectivity index (χ3n) is 4.25. The Balaban J connectivity index is 1.71. The number of pyridine rings is 1. The smallest absolute Gasteiger partial charge is 0.163 e. The van der Waals surface area contributed by atoms with Gasteiger partial charge in [-0.3, -0.25) is 4.98 Å². The van der Waals surface area contributed by atoms with Gasteiger partial charge < -0.3 is 14.4 Å². The number of hydrogen-bond acceptors (Lipinski definition) is 4. The number of likely N-dealkylation sites (tertiary alicyclic amines) is 1. The molecule has 1 aromatic heterocycles. The molecule has 1 aliphatic rings. The average molecular weight is 335 g/mol. The monoisotopic (exact) mass is 334 g/mol. The van der Waals surface area contributed by atoms with Gasteiger partial charge in [-0.15, -0.1) is 0 Å². The lowest BCUT2D eigenvalue weighted by Crippen LogP contribution is -2.21. The predicted octanol–water partition coefficient (Wildman–Crippen LogP) is 4.07. The summed E-state index contributed by atoms with van der Waals surface area (Å²) in [5, 5.41) is 1.57. The number of aromatic nitrogens is 1. The molecule has 3 rings (SSSR count). The molecule has 2 aromatic rings. The zero-order valence-electron chi connectivity index (χ0n) is 13.8. The number of hydrogen-bond donors (Lipinski definition) is 0. The number of aryl methyl sites for hydroxylation is 1. The standard InChI is InChI=1S/C18H23ClN2O2/c1-13-10-15(19)14-11-17(22-2)18(12-16(14)20-13)23-9-5-8-21-6-3-4-7-21/h10-12H,3-9H2,1-2H3. The minimum Gasteiger partial charge on any atom is -0.493 e. The minimum atomic E-state index is 0.678. The maximum absolute atomic E-state index is 6.30. The lowest BCUT2D eigenvalue weighted by molar-refractivity contribution is 0.254. The van der Waals surface area contributed by atoms with Crippen molar-refractivity contribution in [1.82, 2.24) is 9.88 Å². The number of halogens is 1. The first-order valence-electron chi connectivity index (χ1n) is 8.17. The topological polar surface area (TPSA) is 34.6 Å². The largest absolute Gasteiger partial charge is 0.493 e. The third-order valence-corrected chi connectivity index (χ3v) is 4.56. The molecule has 4 nitrogen and oxygen atoms in total. The maximum atomic E-state index is 6.30. The fourth-order valence-electron chi connectivity index (χ4n) is 3.07. The molecule has 0 unspecified atom stereocenters. The fraction of sp³-hybridized carbons (Fsp3) is 0.500. The van der Waals surface area contributed by atoms with Crippen molar-refractivity contribution < 1.29 is 9.47 Å². The molecule has 124 valence electrons. The molecular formula is C18H23ClN2O2. The van der Waals surface area contributed by atoms with Crippen LogP contribution in [0, 0.1) is 6.92 Å². The van der Waals surface area contributed by atoms with Crippen molar-refractivity contribution in [2.75, 3.05) is 33.4 Å². The molecule has 0 atom stereocenters. The van der Waals surface area contributed by atoms with Crippen molar-refractivity contribution in [3.8, 4) is 11.5 Å². The molecule has 0 amide bonds. The van der Waals surface area contributed by atoms with Crippen LogP contribution in [0.2, 0.25) is 5.02 Å². The van der Waals surface area contributed by atoms with Crippen LogP contribution < -0.4 is 9.47 Å². The van der Waals surface area contributed by atoms with E-state index < -0.39 is 0 Å². The van der Waals surface area contributed by atoms with Gasteiger partial charge in [-0.1, -0.05) is 11.6 Å². The van der Waals surface area contributed by atoms with Gasteiger partial charge in [0, 0.05) is 23.7 Å². The lowest BCUT2D eigenvalue weighted by Gasteiger charge is -2.16. The van der Waals surface area contributed by atoms with Crippen molar-refractivity contribution in [1.29, 1.82) is 0 Å². The molecule has 0 radical (unpaired) electrons. The van der Waals surface area contributed by atoms with E-state index in [2.05, 4.69) is 9.88 Å². The van der Waals surface area contributed by atoms with Crippen LogP contribution in [0.4, 0.5) is 0 Å². The first-order chi connectivity index (χ1) is 11.2. The zero-order chi connectivity index (χ0) is 16.2. The molecule has 1 aromatic carbocycles. The summed E-state index contributed by atoms with van der Waals surface area (Å²) >= 11 is 6.30. The summed E-state index contributed by atoms with van der Waals surface area (Å²) in [4.78, 5) is 7.03. The summed E-state index contributed by atoms with van der Waals surface area (Å²) in [6.45, 7) is 6.16. The van der Waals surface area contributed by atoms with Gasteiger partial charge in [0.05, 0.1) is 24.3 Å². The SMILES string of the molecule is COc1cc2c(Cl)cc(C)nc2cc1OCCCN1CCCC1. The van der Waals surface area contributed by atoms with Crippen LogP contribution in [-0.4, -0.2) is 43.2 Å². The lowest BCUT2D eigenvalue weighted by atomic mass is 10.2. The highest BCUT2D eigenvalue weighted by Gasteiger charge is 2.13. The third kappa shape index (κ3) is 3.88. The van der Waals surface area contributed by atoms with Crippen LogP contribution in [-0.2, 0) is 0 Å². The number of nitrogens with zero attached hydrogens (tertiary/aromatic N) is 2. The van der Waals surface area contributed by atoms with Gasteiger partial charge >= 0.3 is 0 Å². The van der Waals surface area contributed by atoms with E-state index in [4.69, 9.17) is 21.1 Å². The van der Waals surface area contributed by atoms with E-state index in [0.29, 0.717) is 17.4 Å². The van der Waals surface area contributed by atoms with Gasteiger partial charge in [0.1, 0.15) is 0 Å². The highest BCUT2D eigenvalue weighted by atomic mass is 35.5. The highest BCUT2D eigenvalue weighted by Crippen LogP contribution is 2.35. The van der Waals surface area contributed by atoms with Gasteiger partial charge in [0.25, 0.3) is 0 Å². The van der Waals surface area contributed by atoms with Crippen LogP contribution in [0.25, 0.3) is 10.9 Å². The first-order valence-corrected chi connectivity index (χ1v) is 8.55. The molecule has 1 saturated heterocycles. The van der Waals surface area contributed by atoms with Crippen molar-refractivity contribution in [3.05, 3.63) is 28.9 Å². The van der Waals surface area contributed by atoms with E-state index in [1.54, 1.807) is 7.11 Å². The normalized spacial score (nSPS) is 15.3. The van der Waals surface area contributed by atoms with Crippen molar-refractivity contribution in [2.24, 2.45) is 0 Å². The summed E-state index contributed by atoms with van der Waals surface area (Å²) in [6.07, 6.45) is 3.67. The Bertz CT molecular complexity index is 684. The molecule has 1 fully saturated rings. The predicted molar refractivity (Wildman–Crippen MR) is 93.8 cm³/mol. The summed E-state index contributed by atoms with van der Waals surface area (Å²) < 4.78 is 11.4. The minimum absolute atomic E-state index is 0.678. The number of benzene rings is 1. The van der Waals surface area contributed by atoms with Gasteiger partial charge in [0.2, 0.25) is 0 Å². The van der Waals surface area contributed by atoms with Gasteiger partial charge in [-0.05, 0) is 51.4 Å². The molecule has 2 heterocycles. The number of ether oxygens (including phenoxy) is 2. The summed E-state index contributed by atoms with van der Waals surface area (Å²) in [5.74, 6) is 1.43. The summed E-state index contributed by atoms with van der Waals surface area (Å²) in [7, 11) is 1.65. The van der Waals surface area contributed by atoms with Crippen LogP contribution in [0.3, 0.4) is 0 Å².